The molecule has 1 heterocycles. The molecule has 4 heteroatoms. The lowest BCUT2D eigenvalue weighted by Crippen LogP contribution is -2.16. The van der Waals surface area contributed by atoms with Gasteiger partial charge in [0, 0.05) is 17.9 Å². The summed E-state index contributed by atoms with van der Waals surface area (Å²) >= 11 is 0. The van der Waals surface area contributed by atoms with Gasteiger partial charge in [-0.3, -0.25) is 4.79 Å². The number of rotatable bonds is 5. The van der Waals surface area contributed by atoms with Crippen molar-refractivity contribution in [3.8, 4) is 5.75 Å². The summed E-state index contributed by atoms with van der Waals surface area (Å²) in [5.41, 5.74) is 3.70. The lowest BCUT2D eigenvalue weighted by Gasteiger charge is -2.12. The smallest absolute Gasteiger partial charge is 0.255 e. The predicted octanol–water partition coefficient (Wildman–Crippen LogP) is 4.11. The average molecular weight is 325 g/mol. The molecule has 0 aromatic heterocycles. The molecule has 1 saturated heterocycles. The summed E-state index contributed by atoms with van der Waals surface area (Å²) < 4.78 is 11.3. The number of carbonyl (C=O) groups excluding carboxylic acids is 1. The zero-order chi connectivity index (χ0) is 16.9. The van der Waals surface area contributed by atoms with Crippen LogP contribution >= 0.6 is 0 Å². The molecule has 0 saturated carbocycles. The predicted molar refractivity (Wildman–Crippen MR) is 94.8 cm³/mol. The number of nitrogens with one attached hydrogen (secondary N) is 1. The third-order valence-corrected chi connectivity index (χ3v) is 4.43. The van der Waals surface area contributed by atoms with Gasteiger partial charge in [0.05, 0.1) is 6.10 Å². The van der Waals surface area contributed by atoms with Crippen molar-refractivity contribution in [1.29, 1.82) is 0 Å². The van der Waals surface area contributed by atoms with Gasteiger partial charge in [-0.05, 0) is 68.1 Å². The number of amides is 1. The minimum atomic E-state index is -0.116. The van der Waals surface area contributed by atoms with Crippen LogP contribution in [0.5, 0.6) is 5.75 Å². The highest BCUT2D eigenvalue weighted by Gasteiger charge is 2.16. The fourth-order valence-corrected chi connectivity index (χ4v) is 2.75. The average Bonchev–Trinajstić information content (AvgIpc) is 3.11. The van der Waals surface area contributed by atoms with Crippen LogP contribution in [0.15, 0.2) is 42.5 Å². The van der Waals surface area contributed by atoms with Crippen molar-refractivity contribution >= 4 is 11.6 Å². The van der Waals surface area contributed by atoms with Crippen molar-refractivity contribution < 1.29 is 14.3 Å². The van der Waals surface area contributed by atoms with Gasteiger partial charge in [-0.25, -0.2) is 0 Å². The van der Waals surface area contributed by atoms with Gasteiger partial charge in [0.15, 0.2) is 0 Å². The normalized spacial score (nSPS) is 16.8. The van der Waals surface area contributed by atoms with E-state index in [-0.39, 0.29) is 12.0 Å². The number of carbonyl (C=O) groups is 1. The Morgan fingerprint density at radius 1 is 1.21 bits per heavy atom. The molecular formula is C20H23NO3. The van der Waals surface area contributed by atoms with Gasteiger partial charge < -0.3 is 14.8 Å². The zero-order valence-electron chi connectivity index (χ0n) is 14.2. The van der Waals surface area contributed by atoms with Crippen LogP contribution in [0.25, 0.3) is 0 Å². The standard InChI is InChI=1S/C20H23NO3/c1-14-5-3-7-19(15(14)2)21-20(22)16-8-10-17(11-9-16)24-13-18-6-4-12-23-18/h3,5,7-11,18H,4,6,12-13H2,1-2H3,(H,21,22)/t18-/m1/s1. The van der Waals surface area contributed by atoms with Gasteiger partial charge >= 0.3 is 0 Å². The van der Waals surface area contributed by atoms with Crippen LogP contribution in [0.4, 0.5) is 5.69 Å². The van der Waals surface area contributed by atoms with Crippen LogP contribution in [0.2, 0.25) is 0 Å². The highest BCUT2D eigenvalue weighted by atomic mass is 16.5. The first-order valence-electron chi connectivity index (χ1n) is 8.35. The first-order chi connectivity index (χ1) is 11.6. The zero-order valence-corrected chi connectivity index (χ0v) is 14.2. The molecule has 3 rings (SSSR count). The van der Waals surface area contributed by atoms with E-state index in [0.29, 0.717) is 12.2 Å². The Balaban J connectivity index is 1.60. The molecular weight excluding hydrogens is 302 g/mol. The second-order valence-corrected chi connectivity index (χ2v) is 6.17. The third-order valence-electron chi connectivity index (χ3n) is 4.43. The molecule has 4 nitrogen and oxygen atoms in total. The molecule has 126 valence electrons. The number of aryl methyl sites for hydroxylation is 1. The maximum Gasteiger partial charge on any atom is 0.255 e. The van der Waals surface area contributed by atoms with Crippen LogP contribution in [0.3, 0.4) is 0 Å². The van der Waals surface area contributed by atoms with Crippen LogP contribution < -0.4 is 10.1 Å². The van der Waals surface area contributed by atoms with Crippen molar-refractivity contribution in [2.75, 3.05) is 18.5 Å². The van der Waals surface area contributed by atoms with Gasteiger partial charge in [-0.15, -0.1) is 0 Å². The van der Waals surface area contributed by atoms with E-state index in [1.165, 1.54) is 0 Å². The second-order valence-electron chi connectivity index (χ2n) is 6.17. The molecule has 24 heavy (non-hydrogen) atoms. The second kappa shape index (κ2) is 7.49. The molecule has 1 aliphatic heterocycles. The minimum absolute atomic E-state index is 0.116. The number of ether oxygens (including phenoxy) is 2. The summed E-state index contributed by atoms with van der Waals surface area (Å²) in [6.07, 6.45) is 2.35. The van der Waals surface area contributed by atoms with E-state index in [1.54, 1.807) is 12.1 Å². The van der Waals surface area contributed by atoms with Gasteiger partial charge in [0.2, 0.25) is 0 Å². The summed E-state index contributed by atoms with van der Waals surface area (Å²) in [4.78, 5) is 12.4. The van der Waals surface area contributed by atoms with Crippen molar-refractivity contribution in [3.63, 3.8) is 0 Å². The summed E-state index contributed by atoms with van der Waals surface area (Å²) in [6.45, 7) is 5.43. The molecule has 2 aromatic carbocycles. The van der Waals surface area contributed by atoms with Gasteiger partial charge in [0.25, 0.3) is 5.91 Å². The number of hydrogen-bond acceptors (Lipinski definition) is 3. The Bertz CT molecular complexity index is 703. The first kappa shape index (κ1) is 16.5. The largest absolute Gasteiger partial charge is 0.491 e. The molecule has 2 aromatic rings. The molecule has 1 fully saturated rings. The SMILES string of the molecule is Cc1cccc(NC(=O)c2ccc(OC[C@H]3CCCO3)cc2)c1C. The Morgan fingerprint density at radius 2 is 2.00 bits per heavy atom. The van der Waals surface area contributed by atoms with Crippen molar-refractivity contribution in [2.24, 2.45) is 0 Å². The lowest BCUT2D eigenvalue weighted by atomic mass is 10.1. The molecule has 0 aliphatic carbocycles. The van der Waals surface area contributed by atoms with Crippen LogP contribution in [-0.2, 0) is 4.74 Å². The molecule has 1 amide bonds. The Hall–Kier alpha value is -2.33. The van der Waals surface area contributed by atoms with E-state index >= 15 is 0 Å². The third kappa shape index (κ3) is 3.95. The monoisotopic (exact) mass is 325 g/mol. The Kier molecular flexibility index (Phi) is 5.16. The van der Waals surface area contributed by atoms with E-state index in [1.807, 2.05) is 44.2 Å². The highest BCUT2D eigenvalue weighted by Crippen LogP contribution is 2.20. The summed E-state index contributed by atoms with van der Waals surface area (Å²) in [6, 6.07) is 13.1. The molecule has 0 unspecified atom stereocenters. The van der Waals surface area contributed by atoms with Crippen molar-refractivity contribution in [2.45, 2.75) is 32.8 Å². The highest BCUT2D eigenvalue weighted by molar-refractivity contribution is 6.04. The molecule has 0 spiro atoms. The van der Waals surface area contributed by atoms with Gasteiger partial charge in [-0.2, -0.15) is 0 Å². The fourth-order valence-electron chi connectivity index (χ4n) is 2.75. The van der Waals surface area contributed by atoms with Crippen LogP contribution in [0, 0.1) is 13.8 Å². The quantitative estimate of drug-likeness (QED) is 0.900. The van der Waals surface area contributed by atoms with Crippen LogP contribution in [-0.4, -0.2) is 25.2 Å². The Labute approximate surface area is 142 Å². The van der Waals surface area contributed by atoms with Gasteiger partial charge in [-0.1, -0.05) is 12.1 Å². The van der Waals surface area contributed by atoms with E-state index < -0.39 is 0 Å². The van der Waals surface area contributed by atoms with E-state index in [2.05, 4.69) is 5.32 Å². The molecule has 1 atom stereocenters. The number of benzene rings is 2. The lowest BCUT2D eigenvalue weighted by molar-refractivity contribution is 0.0679. The maximum absolute atomic E-state index is 12.4. The summed E-state index contributed by atoms with van der Waals surface area (Å²) in [5.74, 6) is 0.642. The maximum atomic E-state index is 12.4. The Morgan fingerprint density at radius 3 is 2.71 bits per heavy atom. The van der Waals surface area contributed by atoms with E-state index in [0.717, 1.165) is 42.0 Å². The van der Waals surface area contributed by atoms with E-state index in [4.69, 9.17) is 9.47 Å². The number of hydrogen-bond donors (Lipinski definition) is 1. The first-order valence-corrected chi connectivity index (χ1v) is 8.35. The summed E-state index contributed by atoms with van der Waals surface area (Å²) in [7, 11) is 0. The van der Waals surface area contributed by atoms with E-state index in [9.17, 15) is 4.79 Å². The molecule has 1 N–H and O–H groups in total. The van der Waals surface area contributed by atoms with Crippen LogP contribution in [0.1, 0.15) is 34.3 Å². The summed E-state index contributed by atoms with van der Waals surface area (Å²) in [5, 5.41) is 2.96. The van der Waals surface area contributed by atoms with Crippen molar-refractivity contribution in [1.82, 2.24) is 0 Å². The fraction of sp³-hybridized carbons (Fsp3) is 0.350. The minimum Gasteiger partial charge on any atom is -0.491 e. The number of anilines is 1. The van der Waals surface area contributed by atoms with Crippen molar-refractivity contribution in [3.05, 3.63) is 59.2 Å². The molecule has 1 aliphatic rings. The molecule has 0 bridgehead atoms. The van der Waals surface area contributed by atoms with Gasteiger partial charge in [0.1, 0.15) is 12.4 Å². The molecule has 0 radical (unpaired) electrons. The topological polar surface area (TPSA) is 47.6 Å².